The number of ether oxygens (including phenoxy) is 2. The maximum atomic E-state index is 10.9. The Balaban J connectivity index is 1.53. The van der Waals surface area contributed by atoms with Crippen molar-refractivity contribution in [2.24, 2.45) is 17.4 Å². The predicted octanol–water partition coefficient (Wildman–Crippen LogP) is 5.18. The van der Waals surface area contributed by atoms with Crippen LogP contribution in [-0.2, 0) is 0 Å². The van der Waals surface area contributed by atoms with E-state index in [9.17, 15) is 5.11 Å². The van der Waals surface area contributed by atoms with E-state index in [4.69, 9.17) is 20.9 Å². The van der Waals surface area contributed by atoms with Crippen LogP contribution >= 0.6 is 31.8 Å². The summed E-state index contributed by atoms with van der Waals surface area (Å²) in [5.41, 5.74) is 16.8. The molecule has 4 rings (SSSR count). The van der Waals surface area contributed by atoms with Crippen molar-refractivity contribution in [3.63, 3.8) is 0 Å². The number of aromatic hydroxyl groups is 1. The summed E-state index contributed by atoms with van der Waals surface area (Å²) in [6, 6.07) is 19.9. The summed E-state index contributed by atoms with van der Waals surface area (Å²) in [5, 5.41) is 11.5. The van der Waals surface area contributed by atoms with E-state index in [1.807, 2.05) is 42.5 Å². The molecule has 1 saturated carbocycles. The molecule has 0 saturated heterocycles. The summed E-state index contributed by atoms with van der Waals surface area (Å²) < 4.78 is 11.9. The van der Waals surface area contributed by atoms with Crippen LogP contribution < -0.4 is 26.2 Å². The average Bonchev–Trinajstić information content (AvgIpc) is 2.83. The fourth-order valence-electron chi connectivity index (χ4n) is 4.33. The van der Waals surface area contributed by atoms with Gasteiger partial charge in [0.1, 0.15) is 5.75 Å². The van der Waals surface area contributed by atoms with Crippen molar-refractivity contribution in [3.05, 3.63) is 60.7 Å². The van der Waals surface area contributed by atoms with E-state index in [0.29, 0.717) is 15.0 Å². The van der Waals surface area contributed by atoms with E-state index in [1.165, 1.54) is 0 Å². The molecule has 1 atom stereocenters. The lowest BCUT2D eigenvalue weighted by Gasteiger charge is -2.37. The van der Waals surface area contributed by atoms with Gasteiger partial charge < -0.3 is 14.6 Å². The third-order valence-electron chi connectivity index (χ3n) is 6.38. The maximum Gasteiger partial charge on any atom is 0.215 e. The van der Waals surface area contributed by atoms with E-state index in [0.717, 1.165) is 53.7 Å². The number of phenolic OH excluding ortho intramolecular Hbond substituents is 1. The molecule has 7 heteroatoms. The zero-order valence-electron chi connectivity index (χ0n) is 18.6. The minimum absolute atomic E-state index is 0.0413. The van der Waals surface area contributed by atoms with Crippen molar-refractivity contribution in [2.45, 2.75) is 35.5 Å². The Morgan fingerprint density at radius 1 is 0.879 bits per heavy atom. The molecule has 0 heterocycles. The van der Waals surface area contributed by atoms with Crippen LogP contribution in [0.3, 0.4) is 0 Å². The molecule has 1 aliphatic rings. The van der Waals surface area contributed by atoms with Gasteiger partial charge in [0.25, 0.3) is 0 Å². The number of hydrogen-bond acceptors (Lipinski definition) is 5. The van der Waals surface area contributed by atoms with Gasteiger partial charge >= 0.3 is 0 Å². The summed E-state index contributed by atoms with van der Waals surface area (Å²) >= 11 is 2.47. The van der Waals surface area contributed by atoms with Crippen LogP contribution in [0.25, 0.3) is 22.3 Å². The lowest BCUT2D eigenvalue weighted by molar-refractivity contribution is 0.00178. The first-order valence-electron chi connectivity index (χ1n) is 11.1. The molecule has 1 unspecified atom stereocenters. The second kappa shape index (κ2) is 10.2. The summed E-state index contributed by atoms with van der Waals surface area (Å²) in [6.07, 6.45) is 4.01. The number of hydrogen-bond donors (Lipinski definition) is 3. The second-order valence-corrected chi connectivity index (χ2v) is 10.9. The SMILES string of the molecule is COc1ccc(-c2ccc(-c3ccc(OC(N)(N)C4CCC(I)CC4)c(O)c3P)cc2)cc1. The first kappa shape index (κ1) is 24.3. The third-order valence-corrected chi connectivity index (χ3v) is 8.21. The number of rotatable bonds is 6. The normalized spacial score (nSPS) is 18.7. The highest BCUT2D eigenvalue weighted by Gasteiger charge is 2.36. The van der Waals surface area contributed by atoms with Crippen molar-refractivity contribution in [3.8, 4) is 39.5 Å². The molecular weight excluding hydrogens is 546 g/mol. The molecule has 0 aromatic heterocycles. The van der Waals surface area contributed by atoms with E-state index in [1.54, 1.807) is 13.2 Å². The van der Waals surface area contributed by atoms with Crippen LogP contribution in [0.15, 0.2) is 60.7 Å². The Hall–Kier alpha value is -1.86. The van der Waals surface area contributed by atoms with Crippen molar-refractivity contribution in [2.75, 3.05) is 7.11 Å². The summed E-state index contributed by atoms with van der Waals surface area (Å²) in [6.45, 7) is 0. The van der Waals surface area contributed by atoms with Crippen LogP contribution in [0.4, 0.5) is 0 Å². The minimum Gasteiger partial charge on any atom is -0.504 e. The first-order valence-corrected chi connectivity index (χ1v) is 12.9. The van der Waals surface area contributed by atoms with Gasteiger partial charge in [0.15, 0.2) is 11.5 Å². The molecular formula is C26H30IN2O3P. The molecule has 0 radical (unpaired) electrons. The molecule has 0 amide bonds. The van der Waals surface area contributed by atoms with Crippen LogP contribution in [-0.4, -0.2) is 22.0 Å². The maximum absolute atomic E-state index is 10.9. The van der Waals surface area contributed by atoms with Gasteiger partial charge in [-0.05, 0) is 72.2 Å². The Kier molecular flexibility index (Phi) is 7.49. The molecule has 5 nitrogen and oxygen atoms in total. The van der Waals surface area contributed by atoms with Gasteiger partial charge in [-0.25, -0.2) is 0 Å². The van der Waals surface area contributed by atoms with E-state index < -0.39 is 5.85 Å². The number of alkyl halides is 1. The molecule has 0 spiro atoms. The minimum atomic E-state index is -1.31. The molecule has 3 aromatic carbocycles. The molecule has 0 aliphatic heterocycles. The molecule has 3 aromatic rings. The molecule has 1 aliphatic carbocycles. The standard InChI is InChI=1S/C26H30IN2O3P/c1-31-21-12-6-17(7-13-21)16-2-4-18(5-3-16)22-14-15-23(24(30)25(22)33)32-26(28,29)19-8-10-20(27)11-9-19/h2-7,12-15,19-20,30H,8-11,28-29,33H2,1H3. The zero-order valence-corrected chi connectivity index (χ0v) is 21.9. The number of nitrogens with two attached hydrogens (primary N) is 2. The van der Waals surface area contributed by atoms with Gasteiger partial charge in [-0.1, -0.05) is 59.0 Å². The number of benzene rings is 3. The van der Waals surface area contributed by atoms with Gasteiger partial charge in [0.05, 0.1) is 7.11 Å². The topological polar surface area (TPSA) is 90.7 Å². The van der Waals surface area contributed by atoms with Gasteiger partial charge in [-0.15, -0.1) is 9.24 Å². The Labute approximate surface area is 211 Å². The Bertz CT molecular complexity index is 1100. The summed E-state index contributed by atoms with van der Waals surface area (Å²) in [4.78, 5) is 0. The first-order chi connectivity index (χ1) is 15.8. The molecule has 1 fully saturated rings. The van der Waals surface area contributed by atoms with Crippen LogP contribution in [0, 0.1) is 5.92 Å². The van der Waals surface area contributed by atoms with Gasteiger partial charge in [0, 0.05) is 15.1 Å². The number of halogens is 1. The number of phenols is 1. The highest BCUT2D eigenvalue weighted by Crippen LogP contribution is 2.37. The largest absolute Gasteiger partial charge is 0.504 e. The summed E-state index contributed by atoms with van der Waals surface area (Å²) in [7, 11) is 4.27. The molecule has 174 valence electrons. The third kappa shape index (κ3) is 5.46. The lowest BCUT2D eigenvalue weighted by atomic mass is 9.85. The van der Waals surface area contributed by atoms with Crippen LogP contribution in [0.1, 0.15) is 25.7 Å². The molecule has 5 N–H and O–H groups in total. The number of methoxy groups -OCH3 is 1. The predicted molar refractivity (Wildman–Crippen MR) is 146 cm³/mol. The fraction of sp³-hybridized carbons (Fsp3) is 0.308. The van der Waals surface area contributed by atoms with E-state index >= 15 is 0 Å². The zero-order chi connectivity index (χ0) is 23.6. The van der Waals surface area contributed by atoms with Crippen molar-refractivity contribution in [1.29, 1.82) is 0 Å². The second-order valence-electron chi connectivity index (χ2n) is 8.58. The van der Waals surface area contributed by atoms with Gasteiger partial charge in [-0.3, -0.25) is 11.5 Å². The van der Waals surface area contributed by atoms with E-state index in [2.05, 4.69) is 44.0 Å². The Morgan fingerprint density at radius 2 is 1.42 bits per heavy atom. The van der Waals surface area contributed by atoms with Crippen molar-refractivity contribution >= 4 is 37.1 Å². The molecule has 33 heavy (non-hydrogen) atoms. The van der Waals surface area contributed by atoms with Gasteiger partial charge in [0.2, 0.25) is 5.85 Å². The van der Waals surface area contributed by atoms with Crippen LogP contribution in [0.5, 0.6) is 17.2 Å². The Morgan fingerprint density at radius 3 is 2.00 bits per heavy atom. The van der Waals surface area contributed by atoms with Crippen molar-refractivity contribution in [1.82, 2.24) is 0 Å². The molecule has 0 bridgehead atoms. The van der Waals surface area contributed by atoms with Crippen molar-refractivity contribution < 1.29 is 14.6 Å². The van der Waals surface area contributed by atoms with E-state index in [-0.39, 0.29) is 11.7 Å². The summed E-state index contributed by atoms with van der Waals surface area (Å²) in [5.74, 6) is -0.0781. The average molecular weight is 576 g/mol. The van der Waals surface area contributed by atoms with Crippen LogP contribution in [0.2, 0.25) is 0 Å². The monoisotopic (exact) mass is 576 g/mol. The van der Waals surface area contributed by atoms with Gasteiger partial charge in [-0.2, -0.15) is 0 Å². The fourth-order valence-corrected chi connectivity index (χ4v) is 5.45. The smallest absolute Gasteiger partial charge is 0.215 e. The quantitative estimate of drug-likeness (QED) is 0.163. The lowest BCUT2D eigenvalue weighted by Crippen LogP contribution is -2.61. The highest BCUT2D eigenvalue weighted by atomic mass is 127. The highest BCUT2D eigenvalue weighted by molar-refractivity contribution is 14.1.